The summed E-state index contributed by atoms with van der Waals surface area (Å²) in [6, 6.07) is 3.13. The van der Waals surface area contributed by atoms with Gasteiger partial charge in [0.15, 0.2) is 0 Å². The van der Waals surface area contributed by atoms with Crippen molar-refractivity contribution in [1.82, 2.24) is 9.71 Å². The Morgan fingerprint density at radius 1 is 1.32 bits per heavy atom. The Morgan fingerprint density at radius 3 is 2.68 bits per heavy atom. The van der Waals surface area contributed by atoms with Crippen molar-refractivity contribution in [3.05, 3.63) is 24.0 Å². The summed E-state index contributed by atoms with van der Waals surface area (Å²) in [6.07, 6.45) is 3.98. The molecular weight excluding hydrogens is 266 g/mol. The first-order valence-electron chi connectivity index (χ1n) is 6.24. The molecule has 0 aliphatic rings. The number of rotatable bonds is 9. The number of nitrogens with two attached hydrogens (primary N) is 1. The summed E-state index contributed by atoms with van der Waals surface area (Å²) in [5.74, 6) is 0. The molecule has 1 aromatic rings. The molecule has 0 amide bonds. The molecule has 0 aliphatic heterocycles. The van der Waals surface area contributed by atoms with Crippen molar-refractivity contribution in [1.29, 1.82) is 0 Å². The fraction of sp³-hybridized carbons (Fsp3) is 0.583. The third kappa shape index (κ3) is 5.65. The van der Waals surface area contributed by atoms with Gasteiger partial charge in [-0.15, -0.1) is 0 Å². The van der Waals surface area contributed by atoms with E-state index in [1.807, 2.05) is 0 Å². The molecule has 0 bridgehead atoms. The smallest absolute Gasteiger partial charge is 0.242 e. The van der Waals surface area contributed by atoms with Crippen LogP contribution >= 0.6 is 0 Å². The molecule has 6 nitrogen and oxygen atoms in total. The molecule has 0 spiro atoms. The minimum atomic E-state index is -3.46. The highest BCUT2D eigenvalue weighted by atomic mass is 32.2. The Labute approximate surface area is 114 Å². The Morgan fingerprint density at radius 2 is 2.11 bits per heavy atom. The lowest BCUT2D eigenvalue weighted by atomic mass is 10.2. The van der Waals surface area contributed by atoms with Crippen molar-refractivity contribution >= 4 is 10.0 Å². The largest absolute Gasteiger partial charge is 0.385 e. The van der Waals surface area contributed by atoms with Gasteiger partial charge in [-0.3, -0.25) is 4.98 Å². The lowest BCUT2D eigenvalue weighted by molar-refractivity contribution is 0.192. The second kappa shape index (κ2) is 8.21. The predicted molar refractivity (Wildman–Crippen MR) is 73.0 cm³/mol. The van der Waals surface area contributed by atoms with Crippen LogP contribution in [-0.2, 0) is 21.3 Å². The predicted octanol–water partition coefficient (Wildman–Crippen LogP) is 0.635. The summed E-state index contributed by atoms with van der Waals surface area (Å²) in [6.45, 7) is 1.43. The van der Waals surface area contributed by atoms with Crippen LogP contribution in [0.15, 0.2) is 23.2 Å². The third-order valence-corrected chi connectivity index (χ3v) is 4.08. The molecule has 0 radical (unpaired) electrons. The summed E-state index contributed by atoms with van der Waals surface area (Å²) < 4.78 is 31.3. The van der Waals surface area contributed by atoms with Crippen LogP contribution in [0, 0.1) is 0 Å². The number of nitrogens with one attached hydrogen (secondary N) is 1. The summed E-state index contributed by atoms with van der Waals surface area (Å²) in [7, 11) is -1.81. The van der Waals surface area contributed by atoms with Crippen LogP contribution in [0.25, 0.3) is 0 Å². The average Bonchev–Trinajstić information content (AvgIpc) is 2.43. The molecule has 0 fully saturated rings. The second-order valence-corrected chi connectivity index (χ2v) is 5.91. The van der Waals surface area contributed by atoms with Crippen LogP contribution < -0.4 is 10.5 Å². The van der Waals surface area contributed by atoms with E-state index in [2.05, 4.69) is 9.71 Å². The summed E-state index contributed by atoms with van der Waals surface area (Å²) in [5, 5.41) is 0. The van der Waals surface area contributed by atoms with Gasteiger partial charge in [0.2, 0.25) is 10.0 Å². The van der Waals surface area contributed by atoms with E-state index in [1.54, 1.807) is 13.2 Å². The average molecular weight is 287 g/mol. The fourth-order valence-electron chi connectivity index (χ4n) is 1.53. The standard InChI is InChI=1S/C12H21N3O3S/c1-18-8-4-2-3-7-15-19(16,17)12-6-5-11(9-13)14-10-12/h5-6,10,15H,2-4,7-9,13H2,1H3. The number of pyridine rings is 1. The normalized spacial score (nSPS) is 11.7. The monoisotopic (exact) mass is 287 g/mol. The zero-order valence-corrected chi connectivity index (χ0v) is 11.9. The number of hydrogen-bond donors (Lipinski definition) is 2. The highest BCUT2D eigenvalue weighted by Gasteiger charge is 2.13. The molecule has 3 N–H and O–H groups in total. The lowest BCUT2D eigenvalue weighted by Gasteiger charge is -2.06. The van der Waals surface area contributed by atoms with E-state index in [-0.39, 0.29) is 4.90 Å². The Balaban J connectivity index is 2.42. The molecule has 0 atom stereocenters. The minimum Gasteiger partial charge on any atom is -0.385 e. The maximum absolute atomic E-state index is 11.9. The number of ether oxygens (including phenoxy) is 1. The maximum Gasteiger partial charge on any atom is 0.242 e. The van der Waals surface area contributed by atoms with Crippen LogP contribution in [0.1, 0.15) is 25.0 Å². The molecule has 0 aliphatic carbocycles. The molecule has 1 aromatic heterocycles. The van der Waals surface area contributed by atoms with Gasteiger partial charge in [-0.1, -0.05) is 0 Å². The molecule has 7 heteroatoms. The number of aromatic nitrogens is 1. The quantitative estimate of drug-likeness (QED) is 0.650. The molecule has 19 heavy (non-hydrogen) atoms. The third-order valence-electron chi connectivity index (χ3n) is 2.63. The van der Waals surface area contributed by atoms with Crippen LogP contribution in [0.4, 0.5) is 0 Å². The van der Waals surface area contributed by atoms with E-state index in [1.165, 1.54) is 12.3 Å². The van der Waals surface area contributed by atoms with E-state index in [9.17, 15) is 8.42 Å². The highest BCUT2D eigenvalue weighted by Crippen LogP contribution is 2.07. The van der Waals surface area contributed by atoms with Crippen LogP contribution in [0.3, 0.4) is 0 Å². The lowest BCUT2D eigenvalue weighted by Crippen LogP contribution is -2.25. The van der Waals surface area contributed by atoms with Crippen molar-refractivity contribution in [2.24, 2.45) is 5.73 Å². The minimum absolute atomic E-state index is 0.168. The van der Waals surface area contributed by atoms with Crippen LogP contribution in [0.5, 0.6) is 0 Å². The van der Waals surface area contributed by atoms with Gasteiger partial charge in [0.1, 0.15) is 4.90 Å². The fourth-order valence-corrected chi connectivity index (χ4v) is 2.55. The van der Waals surface area contributed by atoms with E-state index in [4.69, 9.17) is 10.5 Å². The molecule has 108 valence electrons. The zero-order chi connectivity index (χ0) is 14.1. The van der Waals surface area contributed by atoms with Gasteiger partial charge < -0.3 is 10.5 Å². The number of nitrogens with zero attached hydrogens (tertiary/aromatic N) is 1. The Bertz CT molecular complexity index is 460. The zero-order valence-electron chi connectivity index (χ0n) is 11.1. The van der Waals surface area contributed by atoms with Crippen molar-refractivity contribution < 1.29 is 13.2 Å². The number of sulfonamides is 1. The van der Waals surface area contributed by atoms with E-state index in [0.717, 1.165) is 19.3 Å². The summed E-state index contributed by atoms with van der Waals surface area (Å²) >= 11 is 0. The Kier molecular flexibility index (Phi) is 6.93. The van der Waals surface area contributed by atoms with Crippen molar-refractivity contribution in [2.75, 3.05) is 20.3 Å². The highest BCUT2D eigenvalue weighted by molar-refractivity contribution is 7.89. The maximum atomic E-state index is 11.9. The van der Waals surface area contributed by atoms with E-state index < -0.39 is 10.0 Å². The first kappa shape index (κ1) is 16.0. The number of methoxy groups -OCH3 is 1. The first-order valence-corrected chi connectivity index (χ1v) is 7.72. The van der Waals surface area contributed by atoms with Gasteiger partial charge in [-0.25, -0.2) is 13.1 Å². The molecule has 0 aromatic carbocycles. The number of hydrogen-bond acceptors (Lipinski definition) is 5. The SMILES string of the molecule is COCCCCCNS(=O)(=O)c1ccc(CN)nc1. The first-order chi connectivity index (χ1) is 9.10. The topological polar surface area (TPSA) is 94.3 Å². The van der Waals surface area contributed by atoms with Crippen molar-refractivity contribution in [2.45, 2.75) is 30.7 Å². The van der Waals surface area contributed by atoms with Gasteiger partial charge in [-0.2, -0.15) is 0 Å². The Hall–Kier alpha value is -1.02. The molecule has 0 saturated heterocycles. The number of unbranched alkanes of at least 4 members (excludes halogenated alkanes) is 2. The van der Waals surface area contributed by atoms with Gasteiger partial charge in [-0.05, 0) is 31.4 Å². The van der Waals surface area contributed by atoms with Crippen LogP contribution in [-0.4, -0.2) is 33.7 Å². The molecule has 0 unspecified atom stereocenters. The molecule has 1 heterocycles. The van der Waals surface area contributed by atoms with Crippen molar-refractivity contribution in [3.8, 4) is 0 Å². The van der Waals surface area contributed by atoms with Gasteiger partial charge in [0.05, 0.1) is 5.69 Å². The van der Waals surface area contributed by atoms with Gasteiger partial charge in [0.25, 0.3) is 0 Å². The molecular formula is C12H21N3O3S. The summed E-state index contributed by atoms with van der Waals surface area (Å²) in [4.78, 5) is 4.14. The molecule has 0 saturated carbocycles. The van der Waals surface area contributed by atoms with Crippen LogP contribution in [0.2, 0.25) is 0 Å². The van der Waals surface area contributed by atoms with Crippen molar-refractivity contribution in [3.63, 3.8) is 0 Å². The second-order valence-electron chi connectivity index (χ2n) is 4.14. The molecule has 1 rings (SSSR count). The van der Waals surface area contributed by atoms with E-state index in [0.29, 0.717) is 25.4 Å². The van der Waals surface area contributed by atoms with E-state index >= 15 is 0 Å². The van der Waals surface area contributed by atoms with Gasteiger partial charge in [0, 0.05) is 33.0 Å². The van der Waals surface area contributed by atoms with Gasteiger partial charge >= 0.3 is 0 Å². The summed E-state index contributed by atoms with van der Waals surface area (Å²) in [5.41, 5.74) is 6.07.